The second kappa shape index (κ2) is 6.90. The minimum absolute atomic E-state index is 0.212. The van der Waals surface area contributed by atoms with Gasteiger partial charge in [0, 0.05) is 22.5 Å². The Hall–Kier alpha value is -2.23. The van der Waals surface area contributed by atoms with E-state index in [4.69, 9.17) is 29.6 Å². The Bertz CT molecular complexity index is 694. The molecule has 0 spiro atoms. The summed E-state index contributed by atoms with van der Waals surface area (Å²) < 4.78 is 0. The van der Waals surface area contributed by atoms with E-state index in [-0.39, 0.29) is 28.3 Å². The van der Waals surface area contributed by atoms with Crippen LogP contribution in [0.15, 0.2) is 18.2 Å². The highest BCUT2D eigenvalue weighted by Crippen LogP contribution is 2.28. The molecular formula is C15H13Cl2N3O3. The zero-order valence-electron chi connectivity index (χ0n) is 12.2. The molecule has 6 nitrogen and oxygen atoms in total. The first-order chi connectivity index (χ1) is 10.8. The van der Waals surface area contributed by atoms with Gasteiger partial charge in [-0.1, -0.05) is 23.2 Å². The van der Waals surface area contributed by atoms with Gasteiger partial charge in [-0.25, -0.2) is 19.4 Å². The summed E-state index contributed by atoms with van der Waals surface area (Å²) in [6.45, 7) is 1.34. The van der Waals surface area contributed by atoms with Crippen LogP contribution in [0.2, 0.25) is 10.0 Å². The average Bonchev–Trinajstić information content (AvgIpc) is 2.73. The van der Waals surface area contributed by atoms with E-state index in [1.165, 1.54) is 18.2 Å². The summed E-state index contributed by atoms with van der Waals surface area (Å²) in [7, 11) is 0. The zero-order valence-corrected chi connectivity index (χ0v) is 13.7. The van der Waals surface area contributed by atoms with Crippen molar-refractivity contribution in [2.24, 2.45) is 0 Å². The summed E-state index contributed by atoms with van der Waals surface area (Å²) in [5.74, 6) is 1.86. The van der Waals surface area contributed by atoms with Crippen molar-refractivity contribution in [3.8, 4) is 12.3 Å². The quantitative estimate of drug-likeness (QED) is 0.670. The minimum Gasteiger partial charge on any atom is -0.334 e. The van der Waals surface area contributed by atoms with Crippen LogP contribution in [0, 0.1) is 12.3 Å². The first kappa shape index (κ1) is 17.1. The van der Waals surface area contributed by atoms with Crippen LogP contribution in [0.25, 0.3) is 0 Å². The van der Waals surface area contributed by atoms with Gasteiger partial charge >= 0.3 is 12.1 Å². The molecule has 1 N–H and O–H groups in total. The molecule has 1 atom stereocenters. The lowest BCUT2D eigenvalue weighted by atomic mass is 10.2. The summed E-state index contributed by atoms with van der Waals surface area (Å²) in [5, 5.41) is 3.11. The molecule has 23 heavy (non-hydrogen) atoms. The zero-order chi connectivity index (χ0) is 17.1. The summed E-state index contributed by atoms with van der Waals surface area (Å²) in [4.78, 5) is 38.2. The van der Waals surface area contributed by atoms with Crippen LogP contribution in [-0.4, -0.2) is 35.5 Å². The third-order valence-electron chi connectivity index (χ3n) is 3.11. The summed E-state index contributed by atoms with van der Waals surface area (Å²) in [5.41, 5.74) is 0.212. The third-order valence-corrected chi connectivity index (χ3v) is 3.55. The van der Waals surface area contributed by atoms with Crippen molar-refractivity contribution < 1.29 is 14.4 Å². The third kappa shape index (κ3) is 3.76. The Kier molecular flexibility index (Phi) is 5.14. The fourth-order valence-electron chi connectivity index (χ4n) is 2.10. The van der Waals surface area contributed by atoms with Crippen LogP contribution in [0.5, 0.6) is 0 Å². The Balaban J connectivity index is 2.20. The Morgan fingerprint density at radius 3 is 2.52 bits per heavy atom. The average molecular weight is 354 g/mol. The molecular weight excluding hydrogens is 341 g/mol. The first-order valence-corrected chi connectivity index (χ1v) is 7.43. The number of nitrogens with zero attached hydrogens (tertiary/aromatic N) is 2. The molecule has 1 unspecified atom stereocenters. The number of carbonyl (C=O) groups is 3. The maximum absolute atomic E-state index is 12.4. The monoisotopic (exact) mass is 353 g/mol. The van der Waals surface area contributed by atoms with Gasteiger partial charge in [0.15, 0.2) is 0 Å². The number of hydrogen-bond donors (Lipinski definition) is 1. The van der Waals surface area contributed by atoms with E-state index in [1.807, 2.05) is 0 Å². The topological polar surface area (TPSA) is 69.7 Å². The van der Waals surface area contributed by atoms with Crippen molar-refractivity contribution >= 4 is 46.9 Å². The molecule has 0 saturated carbocycles. The molecule has 0 aromatic heterocycles. The number of amides is 5. The number of hydrogen-bond acceptors (Lipinski definition) is 3. The standard InChI is InChI=1S/C15H13Cl2N3O3/c1-3-4-9(2)18-14(22)19-8-13(21)20(15(19)23)12-6-10(16)5-11(17)7-12/h1,5-7,9H,4,8H2,2H3,(H,18,22). The molecule has 8 heteroatoms. The van der Waals surface area contributed by atoms with Crippen LogP contribution in [0.1, 0.15) is 13.3 Å². The highest BCUT2D eigenvalue weighted by atomic mass is 35.5. The fraction of sp³-hybridized carbons (Fsp3) is 0.267. The second-order valence-corrected chi connectivity index (χ2v) is 5.86. The molecule has 1 aliphatic heterocycles. The predicted octanol–water partition coefficient (Wildman–Crippen LogP) is 2.88. The smallest absolute Gasteiger partial charge is 0.334 e. The summed E-state index contributed by atoms with van der Waals surface area (Å²) in [6, 6.07) is 2.56. The van der Waals surface area contributed by atoms with Gasteiger partial charge < -0.3 is 5.32 Å². The number of rotatable bonds is 3. The number of terminal acetylenes is 1. The van der Waals surface area contributed by atoms with Crippen molar-refractivity contribution in [1.82, 2.24) is 10.2 Å². The number of anilines is 1. The number of halogens is 2. The van der Waals surface area contributed by atoms with Gasteiger partial charge in [0.05, 0.1) is 5.69 Å². The molecule has 1 aromatic carbocycles. The van der Waals surface area contributed by atoms with E-state index in [2.05, 4.69) is 11.2 Å². The molecule has 0 aliphatic carbocycles. The van der Waals surface area contributed by atoms with E-state index in [0.717, 1.165) is 9.80 Å². The highest BCUT2D eigenvalue weighted by molar-refractivity contribution is 6.35. The van der Waals surface area contributed by atoms with Crippen LogP contribution in [0.3, 0.4) is 0 Å². The maximum Gasteiger partial charge on any atom is 0.340 e. The molecule has 1 aromatic rings. The normalized spacial score (nSPS) is 15.6. The number of benzene rings is 1. The number of imide groups is 2. The molecule has 1 fully saturated rings. The first-order valence-electron chi connectivity index (χ1n) is 6.68. The van der Waals surface area contributed by atoms with E-state index in [9.17, 15) is 14.4 Å². The van der Waals surface area contributed by atoms with Gasteiger partial charge in [-0.2, -0.15) is 0 Å². The van der Waals surface area contributed by atoms with E-state index >= 15 is 0 Å². The van der Waals surface area contributed by atoms with E-state index < -0.39 is 18.0 Å². The summed E-state index contributed by atoms with van der Waals surface area (Å²) >= 11 is 11.8. The molecule has 1 heterocycles. The van der Waals surface area contributed by atoms with Gasteiger partial charge in [-0.3, -0.25) is 4.79 Å². The largest absolute Gasteiger partial charge is 0.340 e. The molecule has 2 rings (SSSR count). The van der Waals surface area contributed by atoms with Crippen molar-refractivity contribution in [2.45, 2.75) is 19.4 Å². The molecule has 0 bridgehead atoms. The van der Waals surface area contributed by atoms with Gasteiger partial charge in [0.1, 0.15) is 6.54 Å². The van der Waals surface area contributed by atoms with Crippen LogP contribution < -0.4 is 10.2 Å². The van der Waals surface area contributed by atoms with Crippen molar-refractivity contribution in [1.29, 1.82) is 0 Å². The Labute approximate surface area is 143 Å². The lowest BCUT2D eigenvalue weighted by Gasteiger charge is -2.18. The SMILES string of the molecule is C#CCC(C)NC(=O)N1CC(=O)N(c2cc(Cl)cc(Cl)c2)C1=O. The van der Waals surface area contributed by atoms with E-state index in [0.29, 0.717) is 6.42 Å². The minimum atomic E-state index is -0.765. The number of urea groups is 2. The fourth-order valence-corrected chi connectivity index (χ4v) is 2.61. The predicted molar refractivity (Wildman–Crippen MR) is 87.5 cm³/mol. The second-order valence-electron chi connectivity index (χ2n) is 4.98. The lowest BCUT2D eigenvalue weighted by molar-refractivity contribution is -0.116. The number of carbonyl (C=O) groups excluding carboxylic acids is 3. The van der Waals surface area contributed by atoms with Crippen molar-refractivity contribution in [3.05, 3.63) is 28.2 Å². The van der Waals surface area contributed by atoms with Gasteiger partial charge in [0.25, 0.3) is 5.91 Å². The summed E-state index contributed by atoms with van der Waals surface area (Å²) in [6.07, 6.45) is 5.48. The van der Waals surface area contributed by atoms with Crippen LogP contribution in [0.4, 0.5) is 15.3 Å². The molecule has 1 aliphatic rings. The number of nitrogens with one attached hydrogen (secondary N) is 1. The van der Waals surface area contributed by atoms with Gasteiger partial charge in [0.2, 0.25) is 0 Å². The van der Waals surface area contributed by atoms with Crippen LogP contribution in [-0.2, 0) is 4.79 Å². The lowest BCUT2D eigenvalue weighted by Crippen LogP contribution is -2.45. The molecule has 120 valence electrons. The van der Waals surface area contributed by atoms with Gasteiger partial charge in [-0.05, 0) is 25.1 Å². The van der Waals surface area contributed by atoms with Crippen LogP contribution >= 0.6 is 23.2 Å². The van der Waals surface area contributed by atoms with Crippen molar-refractivity contribution in [3.63, 3.8) is 0 Å². The Morgan fingerprint density at radius 1 is 1.35 bits per heavy atom. The highest BCUT2D eigenvalue weighted by Gasteiger charge is 2.41. The molecule has 5 amide bonds. The van der Waals surface area contributed by atoms with Crippen molar-refractivity contribution in [2.75, 3.05) is 11.4 Å². The molecule has 1 saturated heterocycles. The molecule has 0 radical (unpaired) electrons. The van der Waals surface area contributed by atoms with Gasteiger partial charge in [-0.15, -0.1) is 12.3 Å². The Morgan fingerprint density at radius 2 is 1.96 bits per heavy atom. The maximum atomic E-state index is 12.4. The van der Waals surface area contributed by atoms with E-state index in [1.54, 1.807) is 6.92 Å².